The number of sulfonamides is 1. The van der Waals surface area contributed by atoms with E-state index < -0.39 is 26.6 Å². The third-order valence-corrected chi connectivity index (χ3v) is 6.65. The summed E-state index contributed by atoms with van der Waals surface area (Å²) in [6.07, 6.45) is 0. The molecule has 0 spiro atoms. The van der Waals surface area contributed by atoms with E-state index in [1.165, 1.54) is 23.4 Å². The first-order chi connectivity index (χ1) is 9.36. The maximum absolute atomic E-state index is 13.8. The SMILES string of the molecule is Cc1c(F)cc(CN)cc1S(=O)(=O)N1CCS(=O)CC1. The molecule has 1 fully saturated rings. The molecule has 5 nitrogen and oxygen atoms in total. The monoisotopic (exact) mass is 320 g/mol. The van der Waals surface area contributed by atoms with Crippen LogP contribution in [0.15, 0.2) is 17.0 Å². The van der Waals surface area contributed by atoms with Gasteiger partial charge in [-0.05, 0) is 24.6 Å². The second-order valence-corrected chi connectivity index (χ2v) is 8.26. The van der Waals surface area contributed by atoms with Gasteiger partial charge in [-0.15, -0.1) is 0 Å². The van der Waals surface area contributed by atoms with Crippen LogP contribution in [0, 0.1) is 12.7 Å². The Balaban J connectivity index is 2.44. The van der Waals surface area contributed by atoms with Crippen molar-refractivity contribution in [2.75, 3.05) is 24.6 Å². The van der Waals surface area contributed by atoms with E-state index in [1.807, 2.05) is 0 Å². The highest BCUT2D eigenvalue weighted by Crippen LogP contribution is 2.24. The van der Waals surface area contributed by atoms with Gasteiger partial charge in [0.25, 0.3) is 0 Å². The van der Waals surface area contributed by atoms with Gasteiger partial charge in [0.15, 0.2) is 0 Å². The largest absolute Gasteiger partial charge is 0.326 e. The van der Waals surface area contributed by atoms with Crippen LogP contribution in [0.1, 0.15) is 11.1 Å². The lowest BCUT2D eigenvalue weighted by Crippen LogP contribution is -2.42. The Hall–Kier alpha value is -0.830. The van der Waals surface area contributed by atoms with E-state index in [0.29, 0.717) is 17.1 Å². The molecule has 2 N–H and O–H groups in total. The summed E-state index contributed by atoms with van der Waals surface area (Å²) in [5.41, 5.74) is 5.99. The first-order valence-electron chi connectivity index (χ1n) is 6.20. The van der Waals surface area contributed by atoms with Crippen LogP contribution in [0.5, 0.6) is 0 Å². The van der Waals surface area contributed by atoms with Crippen molar-refractivity contribution < 1.29 is 17.0 Å². The zero-order chi connectivity index (χ0) is 14.9. The van der Waals surface area contributed by atoms with E-state index in [-0.39, 0.29) is 30.1 Å². The average molecular weight is 320 g/mol. The van der Waals surface area contributed by atoms with Crippen LogP contribution in [-0.4, -0.2) is 41.5 Å². The first-order valence-corrected chi connectivity index (χ1v) is 9.13. The number of rotatable bonds is 3. The van der Waals surface area contributed by atoms with Crippen molar-refractivity contribution in [3.8, 4) is 0 Å². The predicted molar refractivity (Wildman–Crippen MR) is 75.7 cm³/mol. The van der Waals surface area contributed by atoms with Gasteiger partial charge in [0.05, 0.1) is 4.90 Å². The Morgan fingerprint density at radius 1 is 1.35 bits per heavy atom. The van der Waals surface area contributed by atoms with Gasteiger partial charge in [-0.1, -0.05) is 0 Å². The van der Waals surface area contributed by atoms with E-state index in [2.05, 4.69) is 0 Å². The number of benzene rings is 1. The molecule has 0 aromatic heterocycles. The fourth-order valence-electron chi connectivity index (χ4n) is 2.09. The van der Waals surface area contributed by atoms with Crippen molar-refractivity contribution in [3.05, 3.63) is 29.1 Å². The highest BCUT2D eigenvalue weighted by atomic mass is 32.2. The second-order valence-electron chi connectivity index (χ2n) is 4.66. The molecular formula is C12H17FN2O3S2. The summed E-state index contributed by atoms with van der Waals surface area (Å²) >= 11 is 0. The van der Waals surface area contributed by atoms with Gasteiger partial charge in [-0.3, -0.25) is 4.21 Å². The van der Waals surface area contributed by atoms with Gasteiger partial charge in [0, 0.05) is 47.5 Å². The summed E-state index contributed by atoms with van der Waals surface area (Å²) in [5, 5.41) is 0. The van der Waals surface area contributed by atoms with E-state index in [1.54, 1.807) is 0 Å². The lowest BCUT2D eigenvalue weighted by Gasteiger charge is -2.26. The number of nitrogens with zero attached hydrogens (tertiary/aromatic N) is 1. The molecule has 1 heterocycles. The molecule has 2 rings (SSSR count). The van der Waals surface area contributed by atoms with Crippen LogP contribution in [0.2, 0.25) is 0 Å². The van der Waals surface area contributed by atoms with Crippen LogP contribution in [0.25, 0.3) is 0 Å². The molecule has 1 saturated heterocycles. The molecular weight excluding hydrogens is 303 g/mol. The van der Waals surface area contributed by atoms with Crippen molar-refractivity contribution in [2.45, 2.75) is 18.4 Å². The third kappa shape index (κ3) is 2.93. The molecule has 0 amide bonds. The van der Waals surface area contributed by atoms with E-state index >= 15 is 0 Å². The zero-order valence-electron chi connectivity index (χ0n) is 11.1. The summed E-state index contributed by atoms with van der Waals surface area (Å²) in [6, 6.07) is 2.67. The number of hydrogen-bond acceptors (Lipinski definition) is 4. The Morgan fingerprint density at radius 3 is 2.50 bits per heavy atom. The Bertz CT molecular complexity index is 636. The van der Waals surface area contributed by atoms with Gasteiger partial charge in [0.1, 0.15) is 5.82 Å². The standard InChI is InChI=1S/C12H17FN2O3S2/c1-9-11(13)6-10(8-14)7-12(9)20(17,18)15-2-4-19(16)5-3-15/h6-7H,2-5,8,14H2,1H3. The second kappa shape index (κ2) is 5.88. The third-order valence-electron chi connectivity index (χ3n) is 3.35. The number of hydrogen-bond donors (Lipinski definition) is 1. The predicted octanol–water partition coefficient (Wildman–Crippen LogP) is 0.346. The summed E-state index contributed by atoms with van der Waals surface area (Å²) in [7, 11) is -4.74. The minimum atomic E-state index is -3.77. The highest BCUT2D eigenvalue weighted by molar-refractivity contribution is 7.89. The van der Waals surface area contributed by atoms with E-state index in [9.17, 15) is 17.0 Å². The maximum Gasteiger partial charge on any atom is 0.243 e. The van der Waals surface area contributed by atoms with E-state index in [4.69, 9.17) is 5.73 Å². The van der Waals surface area contributed by atoms with Gasteiger partial charge < -0.3 is 5.73 Å². The number of halogens is 1. The Labute approximate surface area is 120 Å². The molecule has 112 valence electrons. The first kappa shape index (κ1) is 15.6. The van der Waals surface area contributed by atoms with Crippen LogP contribution in [-0.2, 0) is 27.4 Å². The van der Waals surface area contributed by atoms with Crippen molar-refractivity contribution in [1.29, 1.82) is 0 Å². The molecule has 0 aliphatic carbocycles. The molecule has 0 radical (unpaired) electrons. The number of nitrogens with two attached hydrogens (primary N) is 1. The summed E-state index contributed by atoms with van der Waals surface area (Å²) in [4.78, 5) is -0.0503. The molecule has 0 unspecified atom stereocenters. The van der Waals surface area contributed by atoms with Crippen molar-refractivity contribution in [3.63, 3.8) is 0 Å². The molecule has 1 aliphatic rings. The van der Waals surface area contributed by atoms with Crippen molar-refractivity contribution in [1.82, 2.24) is 4.31 Å². The molecule has 1 aliphatic heterocycles. The molecule has 0 bridgehead atoms. The van der Waals surface area contributed by atoms with E-state index in [0.717, 1.165) is 0 Å². The van der Waals surface area contributed by atoms with Crippen LogP contribution < -0.4 is 5.73 Å². The summed E-state index contributed by atoms with van der Waals surface area (Å²) in [5.74, 6) is 0.0569. The fraction of sp³-hybridized carbons (Fsp3) is 0.500. The summed E-state index contributed by atoms with van der Waals surface area (Å²) < 4.78 is 51.5. The van der Waals surface area contributed by atoms with Crippen LogP contribution in [0.3, 0.4) is 0 Å². The Morgan fingerprint density at radius 2 is 1.95 bits per heavy atom. The van der Waals surface area contributed by atoms with Crippen LogP contribution >= 0.6 is 0 Å². The highest BCUT2D eigenvalue weighted by Gasteiger charge is 2.30. The van der Waals surface area contributed by atoms with Crippen molar-refractivity contribution in [2.24, 2.45) is 5.73 Å². The topological polar surface area (TPSA) is 80.5 Å². The molecule has 1 aromatic carbocycles. The minimum Gasteiger partial charge on any atom is -0.326 e. The minimum absolute atomic E-state index is 0.0503. The van der Waals surface area contributed by atoms with Crippen molar-refractivity contribution >= 4 is 20.8 Å². The summed E-state index contributed by atoms with van der Waals surface area (Å²) in [6.45, 7) is 1.90. The zero-order valence-corrected chi connectivity index (χ0v) is 12.8. The molecule has 1 aromatic rings. The average Bonchev–Trinajstić information content (AvgIpc) is 2.42. The molecule has 20 heavy (non-hydrogen) atoms. The van der Waals surface area contributed by atoms with Crippen LogP contribution in [0.4, 0.5) is 4.39 Å². The fourth-order valence-corrected chi connectivity index (χ4v) is 5.10. The molecule has 8 heteroatoms. The molecule has 0 atom stereocenters. The van der Waals surface area contributed by atoms with Gasteiger partial charge >= 0.3 is 0 Å². The maximum atomic E-state index is 13.8. The Kier molecular flexibility index (Phi) is 4.58. The normalized spacial score (nSPS) is 18.4. The quantitative estimate of drug-likeness (QED) is 0.871. The van der Waals surface area contributed by atoms with Gasteiger partial charge in [-0.2, -0.15) is 4.31 Å². The molecule has 0 saturated carbocycles. The lowest BCUT2D eigenvalue weighted by molar-refractivity contribution is 0.437. The smallest absolute Gasteiger partial charge is 0.243 e. The van der Waals surface area contributed by atoms with Gasteiger partial charge in [0.2, 0.25) is 10.0 Å². The van der Waals surface area contributed by atoms with Gasteiger partial charge in [-0.25, -0.2) is 12.8 Å². The lowest BCUT2D eigenvalue weighted by atomic mass is 10.1.